The molecule has 1 heterocycles. The monoisotopic (exact) mass is 347 g/mol. The first-order chi connectivity index (χ1) is 11.8. The van der Waals surface area contributed by atoms with Crippen molar-refractivity contribution >= 4 is 17.9 Å². The predicted octanol–water partition coefficient (Wildman–Crippen LogP) is 0.986. The molecule has 1 aromatic carbocycles. The van der Waals surface area contributed by atoms with E-state index in [4.69, 9.17) is 15.2 Å². The average molecular weight is 347 g/mol. The number of urea groups is 1. The van der Waals surface area contributed by atoms with Crippen LogP contribution in [0, 0.1) is 5.92 Å². The number of hydrogen-bond acceptors (Lipinski definition) is 5. The van der Waals surface area contributed by atoms with Gasteiger partial charge in [0.15, 0.2) is 6.61 Å². The number of carbonyl (C=O) groups excluding carboxylic acids is 3. The lowest BCUT2D eigenvalue weighted by Gasteiger charge is -2.33. The van der Waals surface area contributed by atoms with Gasteiger partial charge >= 0.3 is 12.0 Å². The summed E-state index contributed by atoms with van der Waals surface area (Å²) in [6, 6.07) is 5.56. The molecule has 4 N–H and O–H groups in total. The van der Waals surface area contributed by atoms with Gasteiger partial charge < -0.3 is 25.8 Å². The number of rotatable bonds is 6. The highest BCUT2D eigenvalue weighted by Gasteiger charge is 2.39. The number of benzene rings is 1. The lowest BCUT2D eigenvalue weighted by molar-refractivity contribution is -0.152. The lowest BCUT2D eigenvalue weighted by atomic mass is 9.89. The van der Waals surface area contributed by atoms with Crippen LogP contribution in [0.15, 0.2) is 36.5 Å². The molecule has 0 aromatic heterocycles. The Labute approximate surface area is 145 Å². The van der Waals surface area contributed by atoms with Crippen molar-refractivity contribution in [1.82, 2.24) is 10.6 Å². The lowest BCUT2D eigenvalue weighted by Crippen LogP contribution is -2.51. The van der Waals surface area contributed by atoms with Crippen LogP contribution in [0.4, 0.5) is 4.79 Å². The summed E-state index contributed by atoms with van der Waals surface area (Å²) in [4.78, 5) is 34.9. The fourth-order valence-corrected chi connectivity index (χ4v) is 2.47. The number of nitrogens with two attached hydrogens (primary N) is 1. The second-order valence-corrected chi connectivity index (χ2v) is 5.89. The first-order valence-electron chi connectivity index (χ1n) is 7.75. The molecule has 25 heavy (non-hydrogen) atoms. The van der Waals surface area contributed by atoms with Gasteiger partial charge in [-0.05, 0) is 31.5 Å². The summed E-state index contributed by atoms with van der Waals surface area (Å²) < 4.78 is 10.5. The van der Waals surface area contributed by atoms with Crippen LogP contribution in [0.3, 0.4) is 0 Å². The fraction of sp³-hybridized carbons (Fsp3) is 0.353. The van der Waals surface area contributed by atoms with Gasteiger partial charge in [-0.3, -0.25) is 9.59 Å². The Hall–Kier alpha value is -3.03. The maximum Gasteiger partial charge on any atom is 0.319 e. The Morgan fingerprint density at radius 2 is 1.92 bits per heavy atom. The van der Waals surface area contributed by atoms with Crippen molar-refractivity contribution in [1.29, 1.82) is 0 Å². The molecule has 2 atom stereocenters. The molecule has 1 fully saturated rings. The number of esters is 1. The molecule has 0 radical (unpaired) electrons. The number of amides is 3. The Kier molecular flexibility index (Phi) is 5.63. The van der Waals surface area contributed by atoms with Crippen LogP contribution in [0.2, 0.25) is 0 Å². The highest BCUT2D eigenvalue weighted by molar-refractivity contribution is 5.85. The molecule has 0 saturated carbocycles. The number of nitrogens with one attached hydrogen (secondary N) is 2. The van der Waals surface area contributed by atoms with E-state index in [0.717, 1.165) is 0 Å². The Morgan fingerprint density at radius 1 is 1.28 bits per heavy atom. The third-order valence-electron chi connectivity index (χ3n) is 3.50. The second-order valence-electron chi connectivity index (χ2n) is 5.89. The smallest absolute Gasteiger partial charge is 0.319 e. The van der Waals surface area contributed by atoms with Crippen LogP contribution in [0.5, 0.6) is 5.75 Å². The van der Waals surface area contributed by atoms with E-state index in [-0.39, 0.29) is 18.4 Å². The molecule has 0 spiro atoms. The van der Waals surface area contributed by atoms with E-state index in [1.54, 1.807) is 38.1 Å². The molecule has 8 heteroatoms. The third-order valence-corrected chi connectivity index (χ3v) is 3.50. The van der Waals surface area contributed by atoms with Gasteiger partial charge in [-0.25, -0.2) is 4.79 Å². The van der Waals surface area contributed by atoms with Gasteiger partial charge in [-0.1, -0.05) is 18.7 Å². The van der Waals surface area contributed by atoms with Gasteiger partial charge in [0.25, 0.3) is 5.91 Å². The highest BCUT2D eigenvalue weighted by atomic mass is 16.5. The summed E-state index contributed by atoms with van der Waals surface area (Å²) in [6.45, 7) is 7.03. The highest BCUT2D eigenvalue weighted by Crippen LogP contribution is 2.31. The van der Waals surface area contributed by atoms with E-state index in [9.17, 15) is 14.4 Å². The average Bonchev–Trinajstić information content (AvgIpc) is 2.51. The zero-order chi connectivity index (χ0) is 18.6. The first-order valence-corrected chi connectivity index (χ1v) is 7.75. The summed E-state index contributed by atoms with van der Waals surface area (Å²) >= 11 is 0. The van der Waals surface area contributed by atoms with Gasteiger partial charge in [0.05, 0.1) is 12.1 Å². The molecule has 8 nitrogen and oxygen atoms in total. The molecule has 134 valence electrons. The summed E-state index contributed by atoms with van der Waals surface area (Å²) in [5.74, 6) is -1.38. The molecule has 1 aromatic rings. The zero-order valence-electron chi connectivity index (χ0n) is 14.1. The molecule has 1 saturated heterocycles. The summed E-state index contributed by atoms with van der Waals surface area (Å²) in [5, 5.41) is 5.22. The zero-order valence-corrected chi connectivity index (χ0v) is 14.1. The molecule has 3 amide bonds. The maximum absolute atomic E-state index is 12.4. The molecule has 1 aliphatic heterocycles. The molecule has 2 unspecified atom stereocenters. The van der Waals surface area contributed by atoms with Crippen molar-refractivity contribution in [3.8, 4) is 5.75 Å². The second kappa shape index (κ2) is 7.69. The standard InChI is InChI=1S/C17H21N3O5/c1-9(2)25-16(22)14-10(3)19-17(23)20-15(14)11-4-6-12(7-5-11)24-8-13(18)21/h4-7,9,14-15H,3,8H2,1-2H3,(H2,18,21)(H2,19,20,23). The van der Waals surface area contributed by atoms with Crippen LogP contribution in [0.1, 0.15) is 25.5 Å². The minimum absolute atomic E-state index is 0.233. The molecule has 1 aliphatic rings. The van der Waals surface area contributed by atoms with E-state index in [2.05, 4.69) is 17.2 Å². The quantitative estimate of drug-likeness (QED) is 0.663. The molecule has 0 aliphatic carbocycles. The number of hydrogen-bond donors (Lipinski definition) is 3. The third kappa shape index (κ3) is 4.72. The normalized spacial score (nSPS) is 19.8. The van der Waals surface area contributed by atoms with Crippen LogP contribution >= 0.6 is 0 Å². The largest absolute Gasteiger partial charge is 0.484 e. The number of carbonyl (C=O) groups is 3. The van der Waals surface area contributed by atoms with Gasteiger partial charge in [0.2, 0.25) is 0 Å². The van der Waals surface area contributed by atoms with Gasteiger partial charge in [0, 0.05) is 5.70 Å². The van der Waals surface area contributed by atoms with Crippen molar-refractivity contribution in [2.45, 2.75) is 26.0 Å². The molecule has 0 bridgehead atoms. The van der Waals surface area contributed by atoms with Crippen molar-refractivity contribution in [2.24, 2.45) is 11.7 Å². The molecule has 2 rings (SSSR count). The molecular formula is C17H21N3O5. The van der Waals surface area contributed by atoms with Gasteiger partial charge in [-0.15, -0.1) is 0 Å². The minimum Gasteiger partial charge on any atom is -0.484 e. The van der Waals surface area contributed by atoms with Gasteiger partial charge in [-0.2, -0.15) is 0 Å². The van der Waals surface area contributed by atoms with Crippen molar-refractivity contribution in [3.05, 3.63) is 42.1 Å². The van der Waals surface area contributed by atoms with E-state index in [1.165, 1.54) is 0 Å². The van der Waals surface area contributed by atoms with Crippen molar-refractivity contribution < 1.29 is 23.9 Å². The summed E-state index contributed by atoms with van der Waals surface area (Å²) in [6.07, 6.45) is -0.289. The van der Waals surface area contributed by atoms with E-state index in [0.29, 0.717) is 11.3 Å². The SMILES string of the molecule is C=C1NC(=O)NC(c2ccc(OCC(N)=O)cc2)C1C(=O)OC(C)C. The minimum atomic E-state index is -0.766. The van der Waals surface area contributed by atoms with E-state index >= 15 is 0 Å². The Morgan fingerprint density at radius 3 is 2.48 bits per heavy atom. The Balaban J connectivity index is 2.22. The van der Waals surface area contributed by atoms with Crippen LogP contribution < -0.4 is 21.1 Å². The van der Waals surface area contributed by atoms with Crippen LogP contribution in [-0.2, 0) is 14.3 Å². The van der Waals surface area contributed by atoms with E-state index < -0.39 is 29.9 Å². The van der Waals surface area contributed by atoms with Gasteiger partial charge in [0.1, 0.15) is 11.7 Å². The predicted molar refractivity (Wildman–Crippen MR) is 89.4 cm³/mol. The number of primary amides is 1. The van der Waals surface area contributed by atoms with Crippen molar-refractivity contribution in [2.75, 3.05) is 6.61 Å². The topological polar surface area (TPSA) is 120 Å². The summed E-state index contributed by atoms with van der Waals surface area (Å²) in [5.41, 5.74) is 5.98. The van der Waals surface area contributed by atoms with Crippen LogP contribution in [-0.4, -0.2) is 30.6 Å². The summed E-state index contributed by atoms with van der Waals surface area (Å²) in [7, 11) is 0. The van der Waals surface area contributed by atoms with E-state index in [1.807, 2.05) is 0 Å². The first kappa shape index (κ1) is 18.3. The van der Waals surface area contributed by atoms with Crippen LogP contribution in [0.25, 0.3) is 0 Å². The molecular weight excluding hydrogens is 326 g/mol. The Bertz CT molecular complexity index is 684. The fourth-order valence-electron chi connectivity index (χ4n) is 2.47. The number of ether oxygens (including phenoxy) is 2. The van der Waals surface area contributed by atoms with Crippen molar-refractivity contribution in [3.63, 3.8) is 0 Å². The maximum atomic E-state index is 12.4.